The second-order valence-corrected chi connectivity index (χ2v) is 4.48. The number of carbonyl (C=O) groups excluding carboxylic acids is 1. The van der Waals surface area contributed by atoms with Gasteiger partial charge in [0.15, 0.2) is 0 Å². The molecule has 2 N–H and O–H groups in total. The summed E-state index contributed by atoms with van der Waals surface area (Å²) in [6.45, 7) is 0. The van der Waals surface area contributed by atoms with Crippen molar-refractivity contribution in [1.29, 1.82) is 0 Å². The van der Waals surface area contributed by atoms with Crippen LogP contribution in [0.15, 0.2) is 46.9 Å². The Balaban J connectivity index is 2.22. The van der Waals surface area contributed by atoms with Crippen molar-refractivity contribution < 1.29 is 14.3 Å². The summed E-state index contributed by atoms with van der Waals surface area (Å²) in [4.78, 5) is 11.9. The third-order valence-electron chi connectivity index (χ3n) is 2.28. The maximum Gasteiger partial charge on any atom is 0.256 e. The number of aromatic hydroxyl groups is 1. The number of hydrogen-bond donors (Lipinski definition) is 2. The van der Waals surface area contributed by atoms with E-state index >= 15 is 0 Å². The second-order valence-electron chi connectivity index (χ2n) is 3.63. The van der Waals surface area contributed by atoms with Gasteiger partial charge >= 0.3 is 0 Å². The quantitative estimate of drug-likeness (QED) is 0.891. The first-order valence-corrected chi connectivity index (χ1v) is 5.91. The van der Waals surface area contributed by atoms with E-state index in [1.54, 1.807) is 12.1 Å². The molecular weight excluding hydrogens is 301 g/mol. The number of hydrogen-bond acceptors (Lipinski definition) is 2. The molecule has 92 valence electrons. The van der Waals surface area contributed by atoms with Gasteiger partial charge in [0.1, 0.15) is 11.6 Å². The SMILES string of the molecule is O=C(Nc1cccc(O)c1)c1ccc(F)cc1Br. The van der Waals surface area contributed by atoms with Gasteiger partial charge in [-0.2, -0.15) is 0 Å². The number of halogens is 2. The topological polar surface area (TPSA) is 49.3 Å². The zero-order valence-electron chi connectivity index (χ0n) is 9.15. The van der Waals surface area contributed by atoms with E-state index < -0.39 is 5.82 Å². The average molecular weight is 310 g/mol. The molecule has 0 aromatic heterocycles. The highest BCUT2D eigenvalue weighted by atomic mass is 79.9. The third-order valence-corrected chi connectivity index (χ3v) is 2.94. The maximum atomic E-state index is 12.9. The number of anilines is 1. The number of nitrogens with one attached hydrogen (secondary N) is 1. The van der Waals surface area contributed by atoms with Gasteiger partial charge in [0.25, 0.3) is 5.91 Å². The first-order chi connectivity index (χ1) is 8.56. The van der Waals surface area contributed by atoms with Crippen LogP contribution < -0.4 is 5.32 Å². The van der Waals surface area contributed by atoms with Gasteiger partial charge in [0, 0.05) is 16.2 Å². The summed E-state index contributed by atoms with van der Waals surface area (Å²) in [6.07, 6.45) is 0. The van der Waals surface area contributed by atoms with E-state index in [9.17, 15) is 14.3 Å². The zero-order chi connectivity index (χ0) is 13.1. The third kappa shape index (κ3) is 2.87. The van der Waals surface area contributed by atoms with Crippen molar-refractivity contribution >= 4 is 27.5 Å². The van der Waals surface area contributed by atoms with Crippen molar-refractivity contribution in [3.63, 3.8) is 0 Å². The number of rotatable bonds is 2. The molecule has 0 atom stereocenters. The van der Waals surface area contributed by atoms with E-state index in [1.807, 2.05) is 0 Å². The molecule has 0 unspecified atom stereocenters. The fourth-order valence-corrected chi connectivity index (χ4v) is 1.99. The first kappa shape index (κ1) is 12.6. The summed E-state index contributed by atoms with van der Waals surface area (Å²) < 4.78 is 13.3. The Labute approximate surface area is 111 Å². The van der Waals surface area contributed by atoms with Gasteiger partial charge in [-0.3, -0.25) is 4.79 Å². The van der Waals surface area contributed by atoms with Crippen molar-refractivity contribution in [2.24, 2.45) is 0 Å². The van der Waals surface area contributed by atoms with Gasteiger partial charge in [-0.15, -0.1) is 0 Å². The zero-order valence-corrected chi connectivity index (χ0v) is 10.7. The fourth-order valence-electron chi connectivity index (χ4n) is 1.46. The molecule has 2 aromatic carbocycles. The van der Waals surface area contributed by atoms with Crippen LogP contribution in [0.25, 0.3) is 0 Å². The maximum absolute atomic E-state index is 12.9. The van der Waals surface area contributed by atoms with E-state index in [2.05, 4.69) is 21.2 Å². The number of phenolic OH excluding ortho intramolecular Hbond substituents is 1. The van der Waals surface area contributed by atoms with E-state index in [-0.39, 0.29) is 11.7 Å². The molecule has 3 nitrogen and oxygen atoms in total. The molecular formula is C13H9BrFNO2. The lowest BCUT2D eigenvalue weighted by Gasteiger charge is -2.07. The smallest absolute Gasteiger partial charge is 0.256 e. The molecule has 1 amide bonds. The Bertz CT molecular complexity index is 601. The van der Waals surface area contributed by atoms with Crippen molar-refractivity contribution in [3.8, 4) is 5.75 Å². The monoisotopic (exact) mass is 309 g/mol. The van der Waals surface area contributed by atoms with Crippen LogP contribution in [0.1, 0.15) is 10.4 Å². The van der Waals surface area contributed by atoms with Crippen molar-refractivity contribution in [2.45, 2.75) is 0 Å². The van der Waals surface area contributed by atoms with Crippen LogP contribution >= 0.6 is 15.9 Å². The van der Waals surface area contributed by atoms with Crippen LogP contribution in [-0.2, 0) is 0 Å². The average Bonchev–Trinajstić information content (AvgIpc) is 2.28. The van der Waals surface area contributed by atoms with Gasteiger partial charge in [0.2, 0.25) is 0 Å². The van der Waals surface area contributed by atoms with E-state index in [0.717, 1.165) is 0 Å². The van der Waals surface area contributed by atoms with Crippen LogP contribution in [-0.4, -0.2) is 11.0 Å². The van der Waals surface area contributed by atoms with Crippen LogP contribution in [0.3, 0.4) is 0 Å². The Morgan fingerprint density at radius 1 is 1.22 bits per heavy atom. The summed E-state index contributed by atoms with van der Waals surface area (Å²) in [6, 6.07) is 10.0. The second kappa shape index (κ2) is 5.18. The van der Waals surface area contributed by atoms with E-state index in [0.29, 0.717) is 15.7 Å². The number of phenols is 1. The molecule has 0 bridgehead atoms. The molecule has 2 aromatic rings. The summed E-state index contributed by atoms with van der Waals surface area (Å²) >= 11 is 3.13. The largest absolute Gasteiger partial charge is 0.508 e. The van der Waals surface area contributed by atoms with Gasteiger partial charge in [0.05, 0.1) is 5.56 Å². The Kier molecular flexibility index (Phi) is 3.62. The lowest BCUT2D eigenvalue weighted by atomic mass is 10.2. The van der Waals surface area contributed by atoms with Crippen molar-refractivity contribution in [2.75, 3.05) is 5.32 Å². The highest BCUT2D eigenvalue weighted by Crippen LogP contribution is 2.21. The van der Waals surface area contributed by atoms with Crippen molar-refractivity contribution in [3.05, 3.63) is 58.3 Å². The highest BCUT2D eigenvalue weighted by molar-refractivity contribution is 9.10. The predicted octanol–water partition coefficient (Wildman–Crippen LogP) is 3.55. The minimum absolute atomic E-state index is 0.0611. The molecule has 0 heterocycles. The molecule has 2 rings (SSSR count). The molecule has 0 radical (unpaired) electrons. The molecule has 0 saturated heterocycles. The number of benzene rings is 2. The molecule has 0 aliphatic carbocycles. The minimum Gasteiger partial charge on any atom is -0.508 e. The number of amides is 1. The lowest BCUT2D eigenvalue weighted by molar-refractivity contribution is 0.102. The number of carbonyl (C=O) groups is 1. The van der Waals surface area contributed by atoms with Crippen LogP contribution in [0, 0.1) is 5.82 Å². The Morgan fingerprint density at radius 2 is 2.00 bits per heavy atom. The summed E-state index contributed by atoms with van der Waals surface area (Å²) in [5, 5.41) is 11.9. The molecule has 0 spiro atoms. The van der Waals surface area contributed by atoms with Crippen LogP contribution in [0.4, 0.5) is 10.1 Å². The van der Waals surface area contributed by atoms with E-state index in [1.165, 1.54) is 30.3 Å². The van der Waals surface area contributed by atoms with Crippen LogP contribution in [0.5, 0.6) is 5.75 Å². The molecule has 0 aliphatic heterocycles. The first-order valence-electron chi connectivity index (χ1n) is 5.12. The molecule has 18 heavy (non-hydrogen) atoms. The lowest BCUT2D eigenvalue weighted by Crippen LogP contribution is -2.12. The fraction of sp³-hybridized carbons (Fsp3) is 0. The predicted molar refractivity (Wildman–Crippen MR) is 70.2 cm³/mol. The summed E-state index contributed by atoms with van der Waals surface area (Å²) in [7, 11) is 0. The highest BCUT2D eigenvalue weighted by Gasteiger charge is 2.11. The van der Waals surface area contributed by atoms with Gasteiger partial charge < -0.3 is 10.4 Å². The van der Waals surface area contributed by atoms with Crippen LogP contribution in [0.2, 0.25) is 0 Å². The summed E-state index contributed by atoms with van der Waals surface area (Å²) in [5.74, 6) is -0.741. The van der Waals surface area contributed by atoms with Crippen molar-refractivity contribution in [1.82, 2.24) is 0 Å². The molecule has 0 saturated carbocycles. The summed E-state index contributed by atoms with van der Waals surface area (Å²) in [5.41, 5.74) is 0.788. The molecule has 0 aliphatic rings. The van der Waals surface area contributed by atoms with Gasteiger partial charge in [-0.1, -0.05) is 6.07 Å². The standard InChI is InChI=1S/C13H9BrFNO2/c14-12-6-8(15)4-5-11(12)13(18)16-9-2-1-3-10(17)7-9/h1-7,17H,(H,16,18). The molecule has 0 fully saturated rings. The Morgan fingerprint density at radius 3 is 2.67 bits per heavy atom. The minimum atomic E-state index is -0.421. The van der Waals surface area contributed by atoms with Gasteiger partial charge in [-0.25, -0.2) is 4.39 Å². The molecule has 5 heteroatoms. The van der Waals surface area contributed by atoms with Gasteiger partial charge in [-0.05, 0) is 46.3 Å². The normalized spacial score (nSPS) is 10.1. The Hall–Kier alpha value is -1.88. The van der Waals surface area contributed by atoms with E-state index in [4.69, 9.17) is 0 Å².